The molecular weight excluding hydrogens is 256 g/mol. The number of hydrazone groups is 1. The summed E-state index contributed by atoms with van der Waals surface area (Å²) < 4.78 is 5.69. The molecular formula is C14H20N4O2. The van der Waals surface area contributed by atoms with E-state index >= 15 is 0 Å². The average molecular weight is 276 g/mol. The fourth-order valence-corrected chi connectivity index (χ4v) is 2.12. The van der Waals surface area contributed by atoms with Crippen LogP contribution >= 0.6 is 0 Å². The smallest absolute Gasteiger partial charge is 0.332 e. The first-order valence-corrected chi connectivity index (χ1v) is 6.78. The van der Waals surface area contributed by atoms with Crippen LogP contribution in [0.3, 0.4) is 0 Å². The number of hydrogen-bond donors (Lipinski definition) is 2. The third-order valence-corrected chi connectivity index (χ3v) is 3.14. The number of likely N-dealkylation sites (tertiary alicyclic amines) is 1. The van der Waals surface area contributed by atoms with Crippen molar-refractivity contribution in [2.24, 2.45) is 10.8 Å². The number of nitrogens with one attached hydrogen (secondary N) is 1. The Morgan fingerprint density at radius 1 is 1.35 bits per heavy atom. The van der Waals surface area contributed by atoms with Crippen LogP contribution in [0, 0.1) is 0 Å². The number of benzene rings is 1. The van der Waals surface area contributed by atoms with Gasteiger partial charge in [0.15, 0.2) is 0 Å². The monoisotopic (exact) mass is 276 g/mol. The molecule has 0 unspecified atom stereocenters. The summed E-state index contributed by atoms with van der Waals surface area (Å²) in [5.74, 6) is 0.837. The Morgan fingerprint density at radius 3 is 2.70 bits per heavy atom. The zero-order chi connectivity index (χ0) is 14.2. The van der Waals surface area contributed by atoms with Gasteiger partial charge >= 0.3 is 6.03 Å². The molecule has 2 rings (SSSR count). The normalized spacial score (nSPS) is 15.6. The molecule has 0 spiro atoms. The van der Waals surface area contributed by atoms with E-state index in [-0.39, 0.29) is 0 Å². The van der Waals surface area contributed by atoms with Gasteiger partial charge in [-0.15, -0.1) is 0 Å². The Morgan fingerprint density at radius 2 is 2.05 bits per heavy atom. The van der Waals surface area contributed by atoms with Crippen molar-refractivity contribution in [2.45, 2.75) is 12.8 Å². The Bertz CT molecular complexity index is 453. The van der Waals surface area contributed by atoms with Crippen LogP contribution in [0.4, 0.5) is 4.79 Å². The van der Waals surface area contributed by atoms with Crippen molar-refractivity contribution in [1.82, 2.24) is 10.3 Å². The van der Waals surface area contributed by atoms with Crippen LogP contribution in [-0.4, -0.2) is 43.4 Å². The number of rotatable bonds is 6. The van der Waals surface area contributed by atoms with Crippen molar-refractivity contribution >= 4 is 12.2 Å². The fraction of sp³-hybridized carbons (Fsp3) is 0.429. The molecule has 2 amide bonds. The lowest BCUT2D eigenvalue weighted by Crippen LogP contribution is -2.25. The standard InChI is InChI=1S/C14H20N4O2/c15-14(19)17-16-11-12-3-5-13(6-4-12)20-10-9-18-7-1-2-8-18/h3-6,11H,1-2,7-10H2,(H3,15,17,19). The van der Waals surface area contributed by atoms with Crippen LogP contribution in [0.15, 0.2) is 29.4 Å². The van der Waals surface area contributed by atoms with Crippen LogP contribution in [0.5, 0.6) is 5.75 Å². The molecule has 6 nitrogen and oxygen atoms in total. The van der Waals surface area contributed by atoms with Crippen LogP contribution < -0.4 is 15.9 Å². The molecule has 1 fully saturated rings. The second kappa shape index (κ2) is 7.49. The zero-order valence-corrected chi connectivity index (χ0v) is 11.4. The lowest BCUT2D eigenvalue weighted by atomic mass is 10.2. The number of primary amides is 1. The first-order valence-electron chi connectivity index (χ1n) is 6.78. The molecule has 1 saturated heterocycles. The lowest BCUT2D eigenvalue weighted by molar-refractivity contribution is 0.238. The molecule has 3 N–H and O–H groups in total. The van der Waals surface area contributed by atoms with Crippen molar-refractivity contribution in [3.8, 4) is 5.75 Å². The van der Waals surface area contributed by atoms with Crippen molar-refractivity contribution in [3.05, 3.63) is 29.8 Å². The minimum absolute atomic E-state index is 0.678. The Labute approximate surface area is 118 Å². The number of nitrogens with zero attached hydrogens (tertiary/aromatic N) is 2. The van der Waals surface area contributed by atoms with Crippen molar-refractivity contribution < 1.29 is 9.53 Å². The van der Waals surface area contributed by atoms with E-state index in [0.717, 1.165) is 17.9 Å². The lowest BCUT2D eigenvalue weighted by Gasteiger charge is -2.14. The van der Waals surface area contributed by atoms with Crippen molar-refractivity contribution in [3.63, 3.8) is 0 Å². The molecule has 0 saturated carbocycles. The molecule has 0 radical (unpaired) electrons. The number of amides is 2. The van der Waals surface area contributed by atoms with Crippen molar-refractivity contribution in [1.29, 1.82) is 0 Å². The first kappa shape index (κ1) is 14.3. The van der Waals surface area contributed by atoms with Gasteiger partial charge in [0.1, 0.15) is 12.4 Å². The molecule has 1 aliphatic heterocycles. The summed E-state index contributed by atoms with van der Waals surface area (Å²) in [6, 6.07) is 6.84. The third kappa shape index (κ3) is 4.89. The number of hydrogen-bond acceptors (Lipinski definition) is 4. The minimum atomic E-state index is -0.678. The second-order valence-electron chi connectivity index (χ2n) is 4.70. The van der Waals surface area contributed by atoms with E-state index in [9.17, 15) is 4.79 Å². The molecule has 108 valence electrons. The summed E-state index contributed by atoms with van der Waals surface area (Å²) in [6.07, 6.45) is 4.12. The van der Waals surface area contributed by atoms with E-state index in [4.69, 9.17) is 10.5 Å². The van der Waals surface area contributed by atoms with E-state index in [1.807, 2.05) is 24.3 Å². The van der Waals surface area contributed by atoms with Gasteiger partial charge in [-0.25, -0.2) is 10.2 Å². The van der Waals surface area contributed by atoms with Crippen molar-refractivity contribution in [2.75, 3.05) is 26.2 Å². The molecule has 0 aromatic heterocycles. The highest BCUT2D eigenvalue weighted by molar-refractivity contribution is 5.81. The average Bonchev–Trinajstić information content (AvgIpc) is 2.93. The maximum absolute atomic E-state index is 10.4. The second-order valence-corrected chi connectivity index (χ2v) is 4.70. The molecule has 0 aliphatic carbocycles. The van der Waals surface area contributed by atoms with Gasteiger partial charge in [0.05, 0.1) is 6.21 Å². The van der Waals surface area contributed by atoms with Crippen LogP contribution in [-0.2, 0) is 0 Å². The van der Waals surface area contributed by atoms with E-state index in [0.29, 0.717) is 6.61 Å². The predicted molar refractivity (Wildman–Crippen MR) is 77.9 cm³/mol. The van der Waals surface area contributed by atoms with Gasteiger partial charge in [0.25, 0.3) is 0 Å². The highest BCUT2D eigenvalue weighted by Crippen LogP contribution is 2.12. The largest absolute Gasteiger partial charge is 0.492 e. The maximum atomic E-state index is 10.4. The highest BCUT2D eigenvalue weighted by Gasteiger charge is 2.10. The topological polar surface area (TPSA) is 80.0 Å². The van der Waals surface area contributed by atoms with Crippen LogP contribution in [0.1, 0.15) is 18.4 Å². The van der Waals surface area contributed by atoms with E-state index in [2.05, 4.69) is 15.4 Å². The van der Waals surface area contributed by atoms with Gasteiger partial charge in [-0.1, -0.05) is 0 Å². The van der Waals surface area contributed by atoms with Gasteiger partial charge in [-0.2, -0.15) is 5.10 Å². The maximum Gasteiger partial charge on any atom is 0.332 e. The van der Waals surface area contributed by atoms with Gasteiger partial charge in [-0.3, -0.25) is 4.90 Å². The highest BCUT2D eigenvalue weighted by atomic mass is 16.5. The van der Waals surface area contributed by atoms with Gasteiger partial charge in [0.2, 0.25) is 0 Å². The number of carbonyl (C=O) groups excluding carboxylic acids is 1. The summed E-state index contributed by atoms with van der Waals surface area (Å²) in [5, 5.41) is 3.69. The van der Waals surface area contributed by atoms with E-state index in [1.54, 1.807) is 0 Å². The Hall–Kier alpha value is -2.08. The molecule has 20 heavy (non-hydrogen) atoms. The Kier molecular flexibility index (Phi) is 5.37. The summed E-state index contributed by atoms with van der Waals surface area (Å²) in [6.45, 7) is 4.06. The van der Waals surface area contributed by atoms with Gasteiger partial charge in [-0.05, 0) is 55.8 Å². The molecule has 1 aromatic rings. The van der Waals surface area contributed by atoms with E-state index in [1.165, 1.54) is 32.1 Å². The molecule has 1 aromatic carbocycles. The quantitative estimate of drug-likeness (QED) is 0.604. The summed E-state index contributed by atoms with van der Waals surface area (Å²) >= 11 is 0. The van der Waals surface area contributed by atoms with Gasteiger partial charge < -0.3 is 10.5 Å². The Balaban J connectivity index is 1.73. The minimum Gasteiger partial charge on any atom is -0.492 e. The number of urea groups is 1. The molecule has 1 aliphatic rings. The van der Waals surface area contributed by atoms with Gasteiger partial charge in [0, 0.05) is 6.54 Å². The summed E-state index contributed by atoms with van der Waals surface area (Å²) in [7, 11) is 0. The fourth-order valence-electron chi connectivity index (χ4n) is 2.12. The van der Waals surface area contributed by atoms with E-state index < -0.39 is 6.03 Å². The molecule has 1 heterocycles. The molecule has 0 bridgehead atoms. The third-order valence-electron chi connectivity index (χ3n) is 3.14. The summed E-state index contributed by atoms with van der Waals surface area (Å²) in [4.78, 5) is 12.9. The van der Waals surface area contributed by atoms with Crippen LogP contribution in [0.2, 0.25) is 0 Å². The zero-order valence-electron chi connectivity index (χ0n) is 11.4. The number of carbonyl (C=O) groups is 1. The summed E-state index contributed by atoms with van der Waals surface area (Å²) in [5.41, 5.74) is 7.91. The SMILES string of the molecule is NC(=O)NN=Cc1ccc(OCCN2CCCC2)cc1. The first-order chi connectivity index (χ1) is 9.74. The number of nitrogens with two attached hydrogens (primary N) is 1. The number of ether oxygens (including phenoxy) is 1. The molecule has 6 heteroatoms. The van der Waals surface area contributed by atoms with Crippen LogP contribution in [0.25, 0.3) is 0 Å². The molecule has 0 atom stereocenters. The predicted octanol–water partition coefficient (Wildman–Crippen LogP) is 1.16.